The lowest BCUT2D eigenvalue weighted by molar-refractivity contribution is 0.601. The molecule has 0 bridgehead atoms. The molecule has 0 aliphatic heterocycles. The van der Waals surface area contributed by atoms with E-state index < -0.39 is 23.3 Å². The van der Waals surface area contributed by atoms with Crippen LogP contribution in [-0.2, 0) is 15.3 Å². The smallest absolute Gasteiger partial charge is 0.203 e. The fourth-order valence-electron chi connectivity index (χ4n) is 4.43. The molecule has 29 heavy (non-hydrogen) atoms. The molecule has 0 radical (unpaired) electrons. The molecule has 3 aromatic carbocycles. The Bertz CT molecular complexity index is 1130. The molecule has 3 aromatic rings. The Labute approximate surface area is 174 Å². The second-order valence-corrected chi connectivity index (χ2v) is 15.6. The first-order valence-electron chi connectivity index (χ1n) is 9.88. The highest BCUT2D eigenvalue weighted by Crippen LogP contribution is 2.64. The highest BCUT2D eigenvalue weighted by molar-refractivity contribution is 7.96. The molecular weight excluding hydrogens is 392 g/mol. The molecular formula is C25H26O2SSi. The second kappa shape index (κ2) is 6.82. The predicted octanol–water partition coefficient (Wildman–Crippen LogP) is 5.90. The summed E-state index contributed by atoms with van der Waals surface area (Å²) in [4.78, 5) is 0.966. The lowest BCUT2D eigenvalue weighted by atomic mass is 9.86. The summed E-state index contributed by atoms with van der Waals surface area (Å²) in [7, 11) is -5.55. The van der Waals surface area contributed by atoms with Crippen molar-refractivity contribution in [3.8, 4) is 0 Å². The fraction of sp³-hybridized carbons (Fsp3) is 0.200. The van der Waals surface area contributed by atoms with Crippen molar-refractivity contribution in [1.82, 2.24) is 0 Å². The van der Waals surface area contributed by atoms with Gasteiger partial charge in [0.25, 0.3) is 0 Å². The van der Waals surface area contributed by atoms with Crippen LogP contribution in [-0.4, -0.2) is 16.5 Å². The van der Waals surface area contributed by atoms with Crippen molar-refractivity contribution in [2.45, 2.75) is 36.9 Å². The SMILES string of the molecule is Cc1ccc(S(=O)(=O)C2=C([Si](C)(C)C)C2(c2ccccc2)c2ccccc2)cc1. The van der Waals surface area contributed by atoms with Gasteiger partial charge >= 0.3 is 0 Å². The normalized spacial score (nSPS) is 16.0. The monoisotopic (exact) mass is 418 g/mol. The van der Waals surface area contributed by atoms with Crippen LogP contribution in [0, 0.1) is 6.92 Å². The molecule has 0 unspecified atom stereocenters. The Balaban J connectivity index is 2.01. The van der Waals surface area contributed by atoms with Crippen molar-refractivity contribution in [3.63, 3.8) is 0 Å². The lowest BCUT2D eigenvalue weighted by Gasteiger charge is -2.26. The molecule has 2 nitrogen and oxygen atoms in total. The van der Waals surface area contributed by atoms with Gasteiger partial charge in [0, 0.05) is 0 Å². The molecule has 0 heterocycles. The largest absolute Gasteiger partial charge is 0.219 e. The minimum atomic E-state index is -3.60. The van der Waals surface area contributed by atoms with Crippen LogP contribution in [0.3, 0.4) is 0 Å². The van der Waals surface area contributed by atoms with Crippen LogP contribution in [0.1, 0.15) is 16.7 Å². The van der Waals surface area contributed by atoms with Crippen LogP contribution < -0.4 is 0 Å². The summed E-state index contributed by atoms with van der Waals surface area (Å²) < 4.78 is 27.8. The summed E-state index contributed by atoms with van der Waals surface area (Å²) in [6.07, 6.45) is 0. The molecule has 4 heteroatoms. The van der Waals surface area contributed by atoms with E-state index in [0.717, 1.165) is 21.9 Å². The molecule has 0 saturated carbocycles. The van der Waals surface area contributed by atoms with Crippen molar-refractivity contribution in [2.75, 3.05) is 0 Å². The van der Waals surface area contributed by atoms with Crippen LogP contribution in [0.2, 0.25) is 19.6 Å². The maximum absolute atomic E-state index is 13.9. The first-order chi connectivity index (χ1) is 13.7. The molecule has 1 aliphatic rings. The zero-order valence-electron chi connectivity index (χ0n) is 17.3. The summed E-state index contributed by atoms with van der Waals surface area (Å²) in [6, 6.07) is 27.4. The van der Waals surface area contributed by atoms with Crippen molar-refractivity contribution < 1.29 is 8.42 Å². The lowest BCUT2D eigenvalue weighted by Crippen LogP contribution is -2.28. The molecule has 0 saturated heterocycles. The minimum absolute atomic E-state index is 0.377. The number of benzene rings is 3. The molecule has 0 fully saturated rings. The summed E-state index contributed by atoms with van der Waals surface area (Å²) in [5.74, 6) is 0. The first-order valence-corrected chi connectivity index (χ1v) is 14.9. The number of hydrogen-bond donors (Lipinski definition) is 0. The standard InChI is InChI=1S/C25H26O2SSi/c1-19-15-17-22(18-16-19)28(26,27)23-24(29(2,3)4)25(23,20-11-7-5-8-12-20)21-13-9-6-10-14-21/h5-18H,1-4H3. The second-order valence-electron chi connectivity index (χ2n) is 8.75. The van der Waals surface area contributed by atoms with E-state index in [1.54, 1.807) is 12.1 Å². The van der Waals surface area contributed by atoms with Crippen LogP contribution in [0.15, 0.2) is 99.9 Å². The van der Waals surface area contributed by atoms with Gasteiger partial charge < -0.3 is 0 Å². The number of rotatable bonds is 5. The van der Waals surface area contributed by atoms with Gasteiger partial charge in [0.1, 0.15) is 0 Å². The molecule has 1 aliphatic carbocycles. The topological polar surface area (TPSA) is 34.1 Å². The van der Waals surface area contributed by atoms with Gasteiger partial charge in [0.2, 0.25) is 9.84 Å². The zero-order chi connectivity index (χ0) is 20.9. The molecule has 4 rings (SSSR count). The highest BCUT2D eigenvalue weighted by atomic mass is 32.2. The molecule has 148 valence electrons. The summed E-state index contributed by atoms with van der Waals surface area (Å²) in [5, 5.41) is 1.11. The van der Waals surface area contributed by atoms with Crippen molar-refractivity contribution in [1.29, 1.82) is 0 Å². The van der Waals surface area contributed by atoms with E-state index in [0.29, 0.717) is 9.80 Å². The number of sulfone groups is 1. The third-order valence-electron chi connectivity index (χ3n) is 5.64. The van der Waals surface area contributed by atoms with Crippen molar-refractivity contribution in [3.05, 3.63) is 112 Å². The van der Waals surface area contributed by atoms with Gasteiger partial charge in [-0.2, -0.15) is 0 Å². The molecule has 0 atom stereocenters. The third-order valence-corrected chi connectivity index (χ3v) is 9.89. The molecule has 0 aromatic heterocycles. The summed E-state index contributed by atoms with van der Waals surface area (Å²) in [6.45, 7) is 8.68. The van der Waals surface area contributed by atoms with Crippen LogP contribution >= 0.6 is 0 Å². The third kappa shape index (κ3) is 3.11. The maximum atomic E-state index is 13.9. The van der Waals surface area contributed by atoms with E-state index in [9.17, 15) is 8.42 Å². The van der Waals surface area contributed by atoms with Crippen LogP contribution in [0.25, 0.3) is 0 Å². The van der Waals surface area contributed by atoms with Gasteiger partial charge in [0.15, 0.2) is 0 Å². The van der Waals surface area contributed by atoms with E-state index in [1.807, 2.05) is 55.5 Å². The van der Waals surface area contributed by atoms with E-state index >= 15 is 0 Å². The quantitative estimate of drug-likeness (QED) is 0.483. The Morgan fingerprint density at radius 2 is 1.14 bits per heavy atom. The van der Waals surface area contributed by atoms with Crippen molar-refractivity contribution >= 4 is 17.9 Å². The van der Waals surface area contributed by atoms with Gasteiger partial charge in [0.05, 0.1) is 23.3 Å². The number of allylic oxidation sites excluding steroid dienone is 2. The molecule has 0 amide bonds. The first kappa shape index (κ1) is 19.9. The van der Waals surface area contributed by atoms with Crippen LogP contribution in [0.5, 0.6) is 0 Å². The van der Waals surface area contributed by atoms with Gasteiger partial charge in [-0.3, -0.25) is 0 Å². The highest BCUT2D eigenvalue weighted by Gasteiger charge is 2.64. The maximum Gasteiger partial charge on any atom is 0.203 e. The Hall–Kier alpha value is -2.43. The van der Waals surface area contributed by atoms with Gasteiger partial charge in [-0.25, -0.2) is 8.42 Å². The minimum Gasteiger partial charge on any atom is -0.219 e. The van der Waals surface area contributed by atoms with Gasteiger partial charge in [-0.05, 0) is 35.4 Å². The molecule has 0 N–H and O–H groups in total. The van der Waals surface area contributed by atoms with Gasteiger partial charge in [-0.1, -0.05) is 98.0 Å². The number of aryl methyl sites for hydroxylation is 1. The average molecular weight is 419 g/mol. The van der Waals surface area contributed by atoms with E-state index in [1.165, 1.54) is 0 Å². The summed E-state index contributed by atoms with van der Waals surface area (Å²) in [5.41, 5.74) is 2.47. The Morgan fingerprint density at radius 1 is 0.690 bits per heavy atom. The van der Waals surface area contributed by atoms with E-state index in [4.69, 9.17) is 0 Å². The van der Waals surface area contributed by atoms with Crippen LogP contribution in [0.4, 0.5) is 0 Å². The van der Waals surface area contributed by atoms with Gasteiger partial charge in [-0.15, -0.1) is 0 Å². The fourth-order valence-corrected chi connectivity index (χ4v) is 10.0. The average Bonchev–Trinajstić information content (AvgIpc) is 3.43. The Kier molecular flexibility index (Phi) is 4.67. The predicted molar refractivity (Wildman–Crippen MR) is 122 cm³/mol. The summed E-state index contributed by atoms with van der Waals surface area (Å²) >= 11 is 0. The zero-order valence-corrected chi connectivity index (χ0v) is 19.1. The van der Waals surface area contributed by atoms with E-state index in [-0.39, 0.29) is 0 Å². The number of hydrogen-bond acceptors (Lipinski definition) is 2. The Morgan fingerprint density at radius 3 is 1.55 bits per heavy atom. The van der Waals surface area contributed by atoms with Crippen molar-refractivity contribution in [2.24, 2.45) is 0 Å². The molecule has 0 spiro atoms. The van der Waals surface area contributed by atoms with E-state index in [2.05, 4.69) is 43.9 Å².